The van der Waals surface area contributed by atoms with E-state index < -0.39 is 0 Å². The van der Waals surface area contributed by atoms with Crippen molar-refractivity contribution in [3.05, 3.63) is 17.7 Å². The zero-order chi connectivity index (χ0) is 18.2. The van der Waals surface area contributed by atoms with Crippen LogP contribution in [0.15, 0.2) is 17.1 Å². The molecule has 0 radical (unpaired) electrons. The number of aliphatic imine (C=N–C) groups is 1. The number of benzene rings is 1. The van der Waals surface area contributed by atoms with Gasteiger partial charge in [0, 0.05) is 43.9 Å². The first-order valence-corrected chi connectivity index (χ1v) is 8.63. The predicted molar refractivity (Wildman–Crippen MR) is 113 cm³/mol. The summed E-state index contributed by atoms with van der Waals surface area (Å²) < 4.78 is 16.2. The van der Waals surface area contributed by atoms with E-state index in [2.05, 4.69) is 10.2 Å². The first kappa shape index (κ1) is 22.6. The minimum absolute atomic E-state index is 0. The van der Waals surface area contributed by atoms with Gasteiger partial charge in [-0.3, -0.25) is 4.99 Å². The number of rotatable bonds is 7. The molecule has 1 aromatic rings. The molecule has 2 rings (SSSR count). The fourth-order valence-corrected chi connectivity index (χ4v) is 2.96. The van der Waals surface area contributed by atoms with Gasteiger partial charge in [0.25, 0.3) is 0 Å². The van der Waals surface area contributed by atoms with E-state index in [1.165, 1.54) is 0 Å². The molecule has 0 amide bonds. The van der Waals surface area contributed by atoms with E-state index in [0.29, 0.717) is 25.3 Å². The third kappa shape index (κ3) is 5.80. The monoisotopic (exact) mass is 479 g/mol. The summed E-state index contributed by atoms with van der Waals surface area (Å²) in [6.07, 6.45) is 1.19. The third-order valence-corrected chi connectivity index (χ3v) is 4.24. The van der Waals surface area contributed by atoms with Gasteiger partial charge in [-0.05, 0) is 19.8 Å². The highest BCUT2D eigenvalue weighted by molar-refractivity contribution is 14.0. The van der Waals surface area contributed by atoms with E-state index in [9.17, 15) is 5.11 Å². The summed E-state index contributed by atoms with van der Waals surface area (Å²) in [5.74, 6) is 2.99. The number of β-amino-alcohol motifs (C(OH)–C–C–N with tert-alkyl or cyclic N) is 1. The van der Waals surface area contributed by atoms with Crippen LogP contribution in [0.4, 0.5) is 0 Å². The van der Waals surface area contributed by atoms with E-state index in [1.807, 2.05) is 19.1 Å². The molecule has 148 valence electrons. The summed E-state index contributed by atoms with van der Waals surface area (Å²) in [6, 6.07) is 3.70. The molecule has 0 bridgehead atoms. The van der Waals surface area contributed by atoms with Gasteiger partial charge in [-0.1, -0.05) is 0 Å². The second-order valence-corrected chi connectivity index (χ2v) is 5.88. The zero-order valence-electron chi connectivity index (χ0n) is 15.9. The van der Waals surface area contributed by atoms with Crippen LogP contribution in [0.1, 0.15) is 18.9 Å². The minimum atomic E-state index is -0.273. The predicted octanol–water partition coefficient (Wildman–Crippen LogP) is 1.90. The molecule has 1 aromatic carbocycles. The number of hydrogen-bond acceptors (Lipinski definition) is 5. The molecular weight excluding hydrogens is 449 g/mol. The first-order chi connectivity index (χ1) is 12.1. The van der Waals surface area contributed by atoms with Gasteiger partial charge >= 0.3 is 0 Å². The molecule has 0 aromatic heterocycles. The highest BCUT2D eigenvalue weighted by Crippen LogP contribution is 2.34. The van der Waals surface area contributed by atoms with Crippen molar-refractivity contribution in [2.24, 2.45) is 4.99 Å². The van der Waals surface area contributed by atoms with Crippen molar-refractivity contribution in [2.75, 3.05) is 47.5 Å². The molecule has 0 aliphatic carbocycles. The van der Waals surface area contributed by atoms with E-state index in [1.54, 1.807) is 21.3 Å². The molecular formula is C18H30IN3O4. The van der Waals surface area contributed by atoms with E-state index >= 15 is 0 Å². The maximum Gasteiger partial charge on any atom is 0.194 e. The number of ether oxygens (including phenoxy) is 3. The Morgan fingerprint density at radius 3 is 2.35 bits per heavy atom. The topological polar surface area (TPSA) is 75.6 Å². The summed E-state index contributed by atoms with van der Waals surface area (Å²) >= 11 is 0. The normalized spacial score (nSPS) is 16.9. The molecule has 0 unspecified atom stereocenters. The summed E-state index contributed by atoms with van der Waals surface area (Å²) in [5, 5.41) is 13.0. The number of aliphatic hydroxyl groups is 1. The molecule has 1 saturated heterocycles. The second kappa shape index (κ2) is 11.3. The smallest absolute Gasteiger partial charge is 0.194 e. The lowest BCUT2D eigenvalue weighted by molar-refractivity contribution is 0.188. The first-order valence-electron chi connectivity index (χ1n) is 8.63. The van der Waals surface area contributed by atoms with Gasteiger partial charge in [0.05, 0.1) is 27.4 Å². The molecule has 1 aliphatic rings. The lowest BCUT2D eigenvalue weighted by atomic mass is 10.1. The Hall–Kier alpha value is -1.42. The number of nitrogens with zero attached hydrogens (tertiary/aromatic N) is 2. The van der Waals surface area contributed by atoms with Crippen LogP contribution in [0.5, 0.6) is 17.2 Å². The van der Waals surface area contributed by atoms with Gasteiger partial charge in [-0.25, -0.2) is 0 Å². The number of nitrogens with one attached hydrogen (secondary N) is 1. The van der Waals surface area contributed by atoms with E-state index in [-0.39, 0.29) is 30.1 Å². The molecule has 2 N–H and O–H groups in total. The second-order valence-electron chi connectivity index (χ2n) is 5.88. The average molecular weight is 479 g/mol. The number of aliphatic hydroxyl groups excluding tert-OH is 1. The number of likely N-dealkylation sites (tertiary alicyclic amines) is 1. The summed E-state index contributed by atoms with van der Waals surface area (Å²) in [7, 11) is 4.89. The molecule has 1 heterocycles. The van der Waals surface area contributed by atoms with Crippen molar-refractivity contribution in [3.63, 3.8) is 0 Å². The largest absolute Gasteiger partial charge is 0.496 e. The van der Waals surface area contributed by atoms with Crippen molar-refractivity contribution < 1.29 is 19.3 Å². The lowest BCUT2D eigenvalue weighted by Crippen LogP contribution is -2.40. The van der Waals surface area contributed by atoms with Crippen molar-refractivity contribution in [1.29, 1.82) is 0 Å². The van der Waals surface area contributed by atoms with E-state index in [4.69, 9.17) is 19.2 Å². The molecule has 0 saturated carbocycles. The van der Waals surface area contributed by atoms with Crippen LogP contribution in [0.2, 0.25) is 0 Å². The Bertz CT molecular complexity index is 573. The van der Waals surface area contributed by atoms with Gasteiger partial charge in [-0.2, -0.15) is 0 Å². The fourth-order valence-electron chi connectivity index (χ4n) is 2.96. The van der Waals surface area contributed by atoms with Gasteiger partial charge in [0.1, 0.15) is 17.2 Å². The van der Waals surface area contributed by atoms with Crippen LogP contribution >= 0.6 is 24.0 Å². The van der Waals surface area contributed by atoms with Crippen LogP contribution in [0.25, 0.3) is 0 Å². The standard InChI is InChI=1S/C18H29N3O4.HI/c1-5-19-18(21-9-7-13(22)12-21)20-8-6-15-16(24-3)10-14(23-2)11-17(15)25-4;/h10-11,13,22H,5-9,12H2,1-4H3,(H,19,20);1H/t13-;/m1./s1. The molecule has 0 spiro atoms. The van der Waals surface area contributed by atoms with Crippen molar-refractivity contribution in [2.45, 2.75) is 25.9 Å². The molecule has 1 fully saturated rings. The van der Waals surface area contributed by atoms with Gasteiger partial charge in [-0.15, -0.1) is 24.0 Å². The molecule has 1 aliphatic heterocycles. The van der Waals surface area contributed by atoms with Gasteiger partial charge in [0.2, 0.25) is 0 Å². The SMILES string of the molecule is CCNC(=NCCc1c(OC)cc(OC)cc1OC)N1CC[C@@H](O)C1.I. The zero-order valence-corrected chi connectivity index (χ0v) is 18.3. The Kier molecular flexibility index (Phi) is 9.85. The Morgan fingerprint density at radius 1 is 1.23 bits per heavy atom. The summed E-state index contributed by atoms with van der Waals surface area (Å²) in [4.78, 5) is 6.79. The number of hydrogen-bond donors (Lipinski definition) is 2. The van der Waals surface area contributed by atoms with Gasteiger partial charge in [0.15, 0.2) is 5.96 Å². The highest BCUT2D eigenvalue weighted by Gasteiger charge is 2.22. The number of methoxy groups -OCH3 is 3. The molecule has 8 heteroatoms. The molecule has 7 nitrogen and oxygen atoms in total. The van der Waals surface area contributed by atoms with E-state index in [0.717, 1.165) is 42.5 Å². The maximum atomic E-state index is 9.74. The minimum Gasteiger partial charge on any atom is -0.496 e. The summed E-state index contributed by atoms with van der Waals surface area (Å²) in [5.41, 5.74) is 0.965. The third-order valence-electron chi connectivity index (χ3n) is 4.24. The van der Waals surface area contributed by atoms with Crippen molar-refractivity contribution in [3.8, 4) is 17.2 Å². The molecule has 26 heavy (non-hydrogen) atoms. The average Bonchev–Trinajstić information content (AvgIpc) is 3.06. The fraction of sp³-hybridized carbons (Fsp3) is 0.611. The maximum absolute atomic E-state index is 9.74. The van der Waals surface area contributed by atoms with Gasteiger partial charge < -0.3 is 29.5 Å². The Balaban J connectivity index is 0.00000338. The Morgan fingerprint density at radius 2 is 1.88 bits per heavy atom. The van der Waals surface area contributed by atoms with Crippen LogP contribution in [-0.2, 0) is 6.42 Å². The highest BCUT2D eigenvalue weighted by atomic mass is 127. The van der Waals surface area contributed by atoms with Crippen LogP contribution in [0, 0.1) is 0 Å². The van der Waals surface area contributed by atoms with Crippen LogP contribution < -0.4 is 19.5 Å². The van der Waals surface area contributed by atoms with Crippen molar-refractivity contribution in [1.82, 2.24) is 10.2 Å². The van der Waals surface area contributed by atoms with Crippen molar-refractivity contribution >= 4 is 29.9 Å². The quantitative estimate of drug-likeness (QED) is 0.354. The Labute approximate surface area is 172 Å². The lowest BCUT2D eigenvalue weighted by Gasteiger charge is -2.21. The number of guanidine groups is 1. The van der Waals surface area contributed by atoms with Crippen LogP contribution in [0.3, 0.4) is 0 Å². The van der Waals surface area contributed by atoms with Crippen LogP contribution in [-0.4, -0.2) is 69.6 Å². The summed E-state index contributed by atoms with van der Waals surface area (Å²) in [6.45, 7) is 4.87. The number of halogens is 1. The molecule has 1 atom stereocenters.